The molecule has 1 unspecified atom stereocenters. The number of ether oxygens (including phenoxy) is 1. The first-order valence-electron chi connectivity index (χ1n) is 12.6. The summed E-state index contributed by atoms with van der Waals surface area (Å²) in [4.78, 5) is 31.1. The Morgan fingerprint density at radius 1 is 0.974 bits per heavy atom. The minimum atomic E-state index is -0.815. The third-order valence-electron chi connectivity index (χ3n) is 6.57. The van der Waals surface area contributed by atoms with Gasteiger partial charge in [0, 0.05) is 15.8 Å². The lowest BCUT2D eigenvalue weighted by atomic mass is 9.96. The number of esters is 1. The van der Waals surface area contributed by atoms with Crippen LogP contribution in [-0.2, 0) is 9.53 Å². The van der Waals surface area contributed by atoms with Gasteiger partial charge in [-0.15, -0.1) is 0 Å². The van der Waals surface area contributed by atoms with E-state index in [4.69, 9.17) is 32.9 Å². The van der Waals surface area contributed by atoms with E-state index in [1.165, 1.54) is 7.11 Å². The Hall–Kier alpha value is -3.15. The van der Waals surface area contributed by atoms with Crippen LogP contribution in [0.1, 0.15) is 74.5 Å². The van der Waals surface area contributed by atoms with Crippen molar-refractivity contribution in [1.82, 2.24) is 4.90 Å². The molecule has 0 saturated heterocycles. The van der Waals surface area contributed by atoms with Gasteiger partial charge in [-0.05, 0) is 79.8 Å². The molecule has 1 amide bonds. The van der Waals surface area contributed by atoms with E-state index in [1.807, 2.05) is 69.3 Å². The fourth-order valence-electron chi connectivity index (χ4n) is 4.56. The number of amides is 1. The van der Waals surface area contributed by atoms with Gasteiger partial charge < -0.3 is 9.64 Å². The maximum Gasteiger partial charge on any atom is 0.337 e. The highest BCUT2D eigenvalue weighted by atomic mass is 35.5. The molecular formula is C31H34Cl2N2O3. The van der Waals surface area contributed by atoms with Gasteiger partial charge in [-0.3, -0.25) is 9.79 Å². The molecule has 0 aliphatic carbocycles. The van der Waals surface area contributed by atoms with E-state index in [0.717, 1.165) is 53.6 Å². The van der Waals surface area contributed by atoms with Crippen molar-refractivity contribution in [3.8, 4) is 11.1 Å². The van der Waals surface area contributed by atoms with Crippen LogP contribution in [0.5, 0.6) is 0 Å². The molecule has 0 heterocycles. The molecule has 0 fully saturated rings. The second kappa shape index (κ2) is 13.1. The first-order valence-corrected chi connectivity index (χ1v) is 13.4. The summed E-state index contributed by atoms with van der Waals surface area (Å²) in [6, 6.07) is 20.5. The second-order valence-corrected chi connectivity index (χ2v) is 10.6. The van der Waals surface area contributed by atoms with Crippen LogP contribution < -0.4 is 0 Å². The summed E-state index contributed by atoms with van der Waals surface area (Å²) in [7, 11) is 1.36. The molecule has 0 radical (unpaired) electrons. The maximum atomic E-state index is 12.5. The summed E-state index contributed by atoms with van der Waals surface area (Å²) in [5.74, 6) is -0.390. The molecule has 7 heteroatoms. The topological polar surface area (TPSA) is 59.0 Å². The molecule has 0 saturated carbocycles. The van der Waals surface area contributed by atoms with Crippen LogP contribution in [0.15, 0.2) is 71.7 Å². The number of carbonyl (C=O) groups excluding carboxylic acids is 2. The fourth-order valence-corrected chi connectivity index (χ4v) is 5.09. The van der Waals surface area contributed by atoms with Gasteiger partial charge in [-0.1, -0.05) is 79.4 Å². The molecule has 0 aromatic heterocycles. The highest BCUT2D eigenvalue weighted by molar-refractivity contribution is 6.35. The Labute approximate surface area is 235 Å². The van der Waals surface area contributed by atoms with E-state index < -0.39 is 5.66 Å². The minimum absolute atomic E-state index is 0.194. The van der Waals surface area contributed by atoms with E-state index in [0.29, 0.717) is 15.6 Å². The number of hydrogen-bond acceptors (Lipinski definition) is 4. The Bertz CT molecular complexity index is 1270. The van der Waals surface area contributed by atoms with Gasteiger partial charge in [-0.2, -0.15) is 0 Å². The molecule has 3 aromatic carbocycles. The summed E-state index contributed by atoms with van der Waals surface area (Å²) >= 11 is 12.3. The van der Waals surface area contributed by atoms with E-state index in [1.54, 1.807) is 23.1 Å². The van der Waals surface area contributed by atoms with Crippen molar-refractivity contribution in [1.29, 1.82) is 0 Å². The first-order chi connectivity index (χ1) is 18.1. The zero-order valence-corrected chi connectivity index (χ0v) is 24.0. The molecule has 0 spiro atoms. The number of methoxy groups -OCH3 is 1. The summed E-state index contributed by atoms with van der Waals surface area (Å²) in [5.41, 5.74) is 4.30. The molecule has 1 atom stereocenters. The van der Waals surface area contributed by atoms with E-state index in [9.17, 15) is 9.59 Å². The third kappa shape index (κ3) is 7.24. The standard InChI is InChI=1S/C31H34Cl2N2O3/c1-6-7-8-29(24-13-15-25(16-14-24)30(37)38-5)35(20-36)31(3,4)34-21(2)22-9-11-23(12-10-22)26-17-27(32)19-28(33)18-26/h9-20,29H,6-8H2,1-5H3/b34-21+. The predicted octanol–water partition coefficient (Wildman–Crippen LogP) is 8.38. The summed E-state index contributed by atoms with van der Waals surface area (Å²) in [6.45, 7) is 7.95. The average Bonchev–Trinajstić information content (AvgIpc) is 2.89. The van der Waals surface area contributed by atoms with Gasteiger partial charge in [0.25, 0.3) is 0 Å². The van der Waals surface area contributed by atoms with Crippen LogP contribution in [0.25, 0.3) is 11.1 Å². The number of carbonyl (C=O) groups is 2. The lowest BCUT2D eigenvalue weighted by Gasteiger charge is -2.39. The molecule has 200 valence electrons. The van der Waals surface area contributed by atoms with E-state index in [2.05, 4.69) is 6.92 Å². The Kier molecular flexibility index (Phi) is 10.1. The monoisotopic (exact) mass is 552 g/mol. The maximum absolute atomic E-state index is 12.5. The molecule has 0 bridgehead atoms. The highest BCUT2D eigenvalue weighted by Crippen LogP contribution is 2.33. The smallest absolute Gasteiger partial charge is 0.337 e. The molecule has 3 aromatic rings. The van der Waals surface area contributed by atoms with Gasteiger partial charge in [0.05, 0.1) is 18.7 Å². The molecule has 0 aliphatic heterocycles. The minimum Gasteiger partial charge on any atom is -0.465 e. The van der Waals surface area contributed by atoms with Crippen molar-refractivity contribution in [2.45, 2.75) is 58.7 Å². The number of benzene rings is 3. The number of nitrogens with zero attached hydrogens (tertiary/aromatic N) is 2. The van der Waals surface area contributed by atoms with Crippen molar-refractivity contribution >= 4 is 41.3 Å². The predicted molar refractivity (Wildman–Crippen MR) is 156 cm³/mol. The van der Waals surface area contributed by atoms with Crippen molar-refractivity contribution in [3.05, 3.63) is 93.5 Å². The van der Waals surface area contributed by atoms with Gasteiger partial charge >= 0.3 is 5.97 Å². The number of rotatable bonds is 11. The molecule has 5 nitrogen and oxygen atoms in total. The van der Waals surface area contributed by atoms with Gasteiger partial charge in [0.15, 0.2) is 0 Å². The molecule has 38 heavy (non-hydrogen) atoms. The SMILES string of the molecule is CCCCC(c1ccc(C(=O)OC)cc1)N(C=O)C(C)(C)/N=C(\C)c1ccc(-c2cc(Cl)cc(Cl)c2)cc1. The third-order valence-corrected chi connectivity index (χ3v) is 7.01. The second-order valence-electron chi connectivity index (χ2n) is 9.71. The van der Waals surface area contributed by atoms with Crippen LogP contribution in [0, 0.1) is 0 Å². The number of hydrogen-bond donors (Lipinski definition) is 0. The van der Waals surface area contributed by atoms with Crippen molar-refractivity contribution in [2.24, 2.45) is 4.99 Å². The van der Waals surface area contributed by atoms with Gasteiger partial charge in [0.1, 0.15) is 5.66 Å². The summed E-state index contributed by atoms with van der Waals surface area (Å²) < 4.78 is 4.82. The summed E-state index contributed by atoms with van der Waals surface area (Å²) in [5, 5.41) is 1.17. The zero-order chi connectivity index (χ0) is 27.9. The molecule has 0 N–H and O–H groups in total. The lowest BCUT2D eigenvalue weighted by Crippen LogP contribution is -2.44. The largest absolute Gasteiger partial charge is 0.465 e. The van der Waals surface area contributed by atoms with E-state index >= 15 is 0 Å². The number of aliphatic imine (C=N–C) groups is 1. The number of unbranched alkanes of at least 4 members (excludes halogenated alkanes) is 1. The normalized spacial score (nSPS) is 12.7. The fraction of sp³-hybridized carbons (Fsp3) is 0.323. The van der Waals surface area contributed by atoms with Crippen LogP contribution >= 0.6 is 23.2 Å². The molecule has 0 aliphatic rings. The van der Waals surface area contributed by atoms with Gasteiger partial charge in [0.2, 0.25) is 6.41 Å². The lowest BCUT2D eigenvalue weighted by molar-refractivity contribution is -0.126. The first kappa shape index (κ1) is 29.4. The Balaban J connectivity index is 1.90. The van der Waals surface area contributed by atoms with Crippen LogP contribution in [0.4, 0.5) is 0 Å². The average molecular weight is 554 g/mol. The summed E-state index contributed by atoms with van der Waals surface area (Å²) in [6.07, 6.45) is 3.59. The Morgan fingerprint density at radius 2 is 1.55 bits per heavy atom. The molecular weight excluding hydrogens is 519 g/mol. The van der Waals surface area contributed by atoms with Crippen molar-refractivity contribution in [3.63, 3.8) is 0 Å². The van der Waals surface area contributed by atoms with Gasteiger partial charge in [-0.25, -0.2) is 4.79 Å². The molecule has 3 rings (SSSR count). The highest BCUT2D eigenvalue weighted by Gasteiger charge is 2.32. The van der Waals surface area contributed by atoms with Crippen molar-refractivity contribution in [2.75, 3.05) is 7.11 Å². The zero-order valence-electron chi connectivity index (χ0n) is 22.5. The van der Waals surface area contributed by atoms with Crippen LogP contribution in [0.3, 0.4) is 0 Å². The van der Waals surface area contributed by atoms with Crippen LogP contribution in [0.2, 0.25) is 10.0 Å². The Morgan fingerprint density at radius 3 is 2.08 bits per heavy atom. The van der Waals surface area contributed by atoms with Crippen LogP contribution in [-0.4, -0.2) is 35.8 Å². The van der Waals surface area contributed by atoms with Crippen molar-refractivity contribution < 1.29 is 14.3 Å². The number of halogens is 2. The quantitative estimate of drug-likeness (QED) is 0.136. The van der Waals surface area contributed by atoms with E-state index in [-0.39, 0.29) is 12.0 Å².